The molecule has 0 aliphatic carbocycles. The fraction of sp³-hybridized carbons (Fsp3) is 0.143. The Labute approximate surface area is 119 Å². The molecular weight excluding hydrogens is 314 g/mol. The third kappa shape index (κ3) is 3.18. The van der Waals surface area contributed by atoms with Gasteiger partial charge in [-0.25, -0.2) is 0 Å². The number of rotatable bonds is 3. The lowest BCUT2D eigenvalue weighted by molar-refractivity contribution is 0.0992. The maximum atomic E-state index is 12.1. The third-order valence-electron chi connectivity index (χ3n) is 2.60. The Morgan fingerprint density at radius 2 is 2.11 bits per heavy atom. The van der Waals surface area contributed by atoms with E-state index in [1.54, 1.807) is 18.3 Å². The maximum Gasteiger partial charge on any atom is 0.168 e. The molecule has 0 saturated heterocycles. The Hall–Kier alpha value is -1.19. The molecule has 0 radical (unpaired) electrons. The van der Waals surface area contributed by atoms with E-state index in [0.717, 1.165) is 15.7 Å². The molecule has 0 spiro atoms. The molecule has 1 aromatic carbocycles. The third-order valence-corrected chi connectivity index (χ3v) is 3.44. The highest BCUT2D eigenvalue weighted by molar-refractivity contribution is 9.10. The summed E-state index contributed by atoms with van der Waals surface area (Å²) in [6.45, 7) is 1.89. The standard InChI is InChI=1S/C14H11BrClNO/c1-9-2-3-11(8-17-9)14(18)6-10-4-5-12(15)7-13(10)16/h2-5,7-8H,6H2,1H3. The highest BCUT2D eigenvalue weighted by Crippen LogP contribution is 2.22. The first-order valence-electron chi connectivity index (χ1n) is 5.46. The molecule has 0 amide bonds. The van der Waals surface area contributed by atoms with Gasteiger partial charge in [-0.05, 0) is 36.8 Å². The van der Waals surface area contributed by atoms with Gasteiger partial charge in [0, 0.05) is 33.4 Å². The Morgan fingerprint density at radius 3 is 2.72 bits per heavy atom. The lowest BCUT2D eigenvalue weighted by atomic mass is 10.0. The maximum absolute atomic E-state index is 12.1. The number of aryl methyl sites for hydroxylation is 1. The Morgan fingerprint density at radius 1 is 1.33 bits per heavy atom. The molecule has 0 saturated carbocycles. The number of carbonyl (C=O) groups excluding carboxylic acids is 1. The van der Waals surface area contributed by atoms with Gasteiger partial charge in [-0.15, -0.1) is 0 Å². The van der Waals surface area contributed by atoms with Gasteiger partial charge in [0.15, 0.2) is 5.78 Å². The molecule has 0 unspecified atom stereocenters. The first kappa shape index (κ1) is 13.2. The van der Waals surface area contributed by atoms with Gasteiger partial charge in [-0.2, -0.15) is 0 Å². The molecular formula is C14H11BrClNO. The van der Waals surface area contributed by atoms with Crippen LogP contribution in [0.25, 0.3) is 0 Å². The van der Waals surface area contributed by atoms with Crippen LogP contribution in [-0.4, -0.2) is 10.8 Å². The summed E-state index contributed by atoms with van der Waals surface area (Å²) in [7, 11) is 0. The summed E-state index contributed by atoms with van der Waals surface area (Å²) in [5, 5.41) is 0.595. The summed E-state index contributed by atoms with van der Waals surface area (Å²) in [6, 6.07) is 9.14. The number of Topliss-reactive ketones (excluding diaryl/α,β-unsaturated/α-hetero) is 1. The van der Waals surface area contributed by atoms with Crippen molar-refractivity contribution < 1.29 is 4.79 Å². The second kappa shape index (κ2) is 5.63. The number of halogens is 2. The van der Waals surface area contributed by atoms with Crippen molar-refractivity contribution in [2.45, 2.75) is 13.3 Å². The van der Waals surface area contributed by atoms with Gasteiger partial charge >= 0.3 is 0 Å². The Balaban J connectivity index is 2.18. The van der Waals surface area contributed by atoms with Crippen molar-refractivity contribution in [2.24, 2.45) is 0 Å². The predicted octanol–water partition coefficient (Wildman–Crippen LogP) is 4.23. The number of hydrogen-bond donors (Lipinski definition) is 0. The largest absolute Gasteiger partial charge is 0.294 e. The van der Waals surface area contributed by atoms with Crippen LogP contribution < -0.4 is 0 Å². The zero-order valence-electron chi connectivity index (χ0n) is 9.78. The number of nitrogens with zero attached hydrogens (tertiary/aromatic N) is 1. The van der Waals surface area contributed by atoms with E-state index in [2.05, 4.69) is 20.9 Å². The number of carbonyl (C=O) groups is 1. The van der Waals surface area contributed by atoms with Gasteiger partial charge in [-0.3, -0.25) is 9.78 Å². The van der Waals surface area contributed by atoms with Crippen molar-refractivity contribution >= 4 is 33.3 Å². The van der Waals surface area contributed by atoms with Crippen molar-refractivity contribution in [3.8, 4) is 0 Å². The van der Waals surface area contributed by atoms with Crippen LogP contribution in [0.3, 0.4) is 0 Å². The lowest BCUT2D eigenvalue weighted by Gasteiger charge is -2.04. The van der Waals surface area contributed by atoms with Crippen molar-refractivity contribution in [1.29, 1.82) is 0 Å². The summed E-state index contributed by atoms with van der Waals surface area (Å²) in [5.41, 5.74) is 2.33. The number of benzene rings is 1. The zero-order valence-corrected chi connectivity index (χ0v) is 12.1. The van der Waals surface area contributed by atoms with Gasteiger partial charge in [0.1, 0.15) is 0 Å². The first-order chi connectivity index (χ1) is 8.56. The van der Waals surface area contributed by atoms with Crippen LogP contribution in [0.5, 0.6) is 0 Å². The monoisotopic (exact) mass is 323 g/mol. The fourth-order valence-corrected chi connectivity index (χ4v) is 2.31. The second-order valence-electron chi connectivity index (χ2n) is 4.02. The lowest BCUT2D eigenvalue weighted by Crippen LogP contribution is -2.04. The highest BCUT2D eigenvalue weighted by Gasteiger charge is 2.10. The van der Waals surface area contributed by atoms with Crippen LogP contribution in [-0.2, 0) is 6.42 Å². The van der Waals surface area contributed by atoms with Crippen LogP contribution in [0, 0.1) is 6.92 Å². The molecule has 92 valence electrons. The summed E-state index contributed by atoms with van der Waals surface area (Å²) < 4.78 is 0.903. The van der Waals surface area contributed by atoms with Gasteiger partial charge in [0.2, 0.25) is 0 Å². The molecule has 0 N–H and O–H groups in total. The van der Waals surface area contributed by atoms with E-state index >= 15 is 0 Å². The summed E-state index contributed by atoms with van der Waals surface area (Å²) in [5.74, 6) is 0.0201. The van der Waals surface area contributed by atoms with Crippen LogP contribution >= 0.6 is 27.5 Å². The first-order valence-corrected chi connectivity index (χ1v) is 6.63. The molecule has 0 fully saturated rings. The van der Waals surface area contributed by atoms with Crippen molar-refractivity contribution in [2.75, 3.05) is 0 Å². The second-order valence-corrected chi connectivity index (χ2v) is 5.35. The van der Waals surface area contributed by atoms with Crippen molar-refractivity contribution in [3.63, 3.8) is 0 Å². The summed E-state index contributed by atoms with van der Waals surface area (Å²) in [6.07, 6.45) is 1.89. The average molecular weight is 325 g/mol. The minimum Gasteiger partial charge on any atom is -0.294 e. The van der Waals surface area contributed by atoms with Crippen LogP contribution in [0.15, 0.2) is 41.0 Å². The van der Waals surface area contributed by atoms with Gasteiger partial charge < -0.3 is 0 Å². The zero-order chi connectivity index (χ0) is 13.1. The number of hydrogen-bond acceptors (Lipinski definition) is 2. The fourth-order valence-electron chi connectivity index (χ4n) is 1.57. The van der Waals surface area contributed by atoms with Gasteiger partial charge in [0.05, 0.1) is 0 Å². The molecule has 0 atom stereocenters. The van der Waals surface area contributed by atoms with E-state index in [4.69, 9.17) is 11.6 Å². The normalized spacial score (nSPS) is 10.4. The smallest absolute Gasteiger partial charge is 0.168 e. The summed E-state index contributed by atoms with van der Waals surface area (Å²) in [4.78, 5) is 16.2. The van der Waals surface area contributed by atoms with E-state index in [1.807, 2.05) is 25.1 Å². The molecule has 2 aromatic rings. The van der Waals surface area contributed by atoms with Crippen molar-refractivity contribution in [1.82, 2.24) is 4.98 Å². The molecule has 2 nitrogen and oxygen atoms in total. The minimum atomic E-state index is 0.0201. The van der Waals surface area contributed by atoms with Gasteiger partial charge in [0.25, 0.3) is 0 Å². The average Bonchev–Trinajstić information content (AvgIpc) is 2.33. The molecule has 18 heavy (non-hydrogen) atoms. The molecule has 0 bridgehead atoms. The van der Waals surface area contributed by atoms with Crippen LogP contribution in [0.1, 0.15) is 21.6 Å². The molecule has 2 rings (SSSR count). The van der Waals surface area contributed by atoms with Crippen molar-refractivity contribution in [3.05, 3.63) is 62.8 Å². The molecule has 4 heteroatoms. The molecule has 1 heterocycles. The predicted molar refractivity (Wildman–Crippen MR) is 76.2 cm³/mol. The topological polar surface area (TPSA) is 30.0 Å². The van der Waals surface area contributed by atoms with E-state index < -0.39 is 0 Å². The Kier molecular flexibility index (Phi) is 4.15. The minimum absolute atomic E-state index is 0.0201. The highest BCUT2D eigenvalue weighted by atomic mass is 79.9. The van der Waals surface area contributed by atoms with E-state index in [1.165, 1.54) is 0 Å². The van der Waals surface area contributed by atoms with Crippen LogP contribution in [0.4, 0.5) is 0 Å². The van der Waals surface area contributed by atoms with Crippen LogP contribution in [0.2, 0.25) is 5.02 Å². The van der Waals surface area contributed by atoms with E-state index in [9.17, 15) is 4.79 Å². The van der Waals surface area contributed by atoms with E-state index in [-0.39, 0.29) is 12.2 Å². The molecule has 0 aliphatic rings. The number of aromatic nitrogens is 1. The number of pyridine rings is 1. The van der Waals surface area contributed by atoms with E-state index in [0.29, 0.717) is 10.6 Å². The molecule has 0 aliphatic heterocycles. The summed E-state index contributed by atoms with van der Waals surface area (Å²) >= 11 is 9.42. The Bertz CT molecular complexity index is 581. The van der Waals surface area contributed by atoms with Gasteiger partial charge in [-0.1, -0.05) is 33.6 Å². The molecule has 1 aromatic heterocycles. The quantitative estimate of drug-likeness (QED) is 0.791. The number of ketones is 1. The SMILES string of the molecule is Cc1ccc(C(=O)Cc2ccc(Br)cc2Cl)cn1.